The monoisotopic (exact) mass is 497 g/mol. The average Bonchev–Trinajstić information content (AvgIpc) is 3.07. The minimum Gasteiger partial charge on any atom is -0.444 e. The van der Waals surface area contributed by atoms with Crippen LogP contribution in [0.2, 0.25) is 0 Å². The number of rotatable bonds is 9. The number of guanidine groups is 1. The van der Waals surface area contributed by atoms with E-state index in [1.165, 1.54) is 25.9 Å². The Balaban J connectivity index is 0.00000676. The van der Waals surface area contributed by atoms with E-state index in [4.69, 9.17) is 9.73 Å². The van der Waals surface area contributed by atoms with Gasteiger partial charge in [0.25, 0.3) is 0 Å². The summed E-state index contributed by atoms with van der Waals surface area (Å²) >= 11 is 0. The second-order valence-corrected chi connectivity index (χ2v) is 7.73. The van der Waals surface area contributed by atoms with Crippen LogP contribution in [0, 0.1) is 0 Å². The van der Waals surface area contributed by atoms with Gasteiger partial charge in [0.15, 0.2) is 5.96 Å². The van der Waals surface area contributed by atoms with Crippen molar-refractivity contribution in [3.8, 4) is 0 Å². The minimum absolute atomic E-state index is 0. The van der Waals surface area contributed by atoms with E-state index in [1.54, 1.807) is 0 Å². The van der Waals surface area contributed by atoms with E-state index >= 15 is 0 Å². The van der Waals surface area contributed by atoms with Crippen LogP contribution in [0.1, 0.15) is 60.3 Å². The summed E-state index contributed by atoms with van der Waals surface area (Å²) in [5, 5.41) is 9.41. The lowest BCUT2D eigenvalue weighted by Gasteiger charge is -2.25. The van der Waals surface area contributed by atoms with Crippen LogP contribution in [0.25, 0.3) is 0 Å². The fourth-order valence-electron chi connectivity index (χ4n) is 2.95. The third kappa shape index (κ3) is 12.3. The van der Waals surface area contributed by atoms with Gasteiger partial charge in [0.1, 0.15) is 5.60 Å². The Morgan fingerprint density at radius 1 is 1.11 bits per heavy atom. The van der Waals surface area contributed by atoms with Crippen molar-refractivity contribution in [1.29, 1.82) is 0 Å². The summed E-state index contributed by atoms with van der Waals surface area (Å²) in [5.74, 6) is 0.849. The summed E-state index contributed by atoms with van der Waals surface area (Å²) in [7, 11) is 0. The molecule has 0 aromatic heterocycles. The van der Waals surface area contributed by atoms with Crippen LogP contribution < -0.4 is 16.0 Å². The number of alkyl carbamates (subject to hydrolysis) is 1. The Hall–Kier alpha value is -0.770. The summed E-state index contributed by atoms with van der Waals surface area (Å²) in [6, 6.07) is 0.529. The molecule has 0 radical (unpaired) electrons. The highest BCUT2D eigenvalue weighted by Crippen LogP contribution is 2.14. The van der Waals surface area contributed by atoms with Gasteiger partial charge in [-0.15, -0.1) is 24.0 Å². The molecule has 1 atom stereocenters. The van der Waals surface area contributed by atoms with Gasteiger partial charge in [-0.05, 0) is 66.5 Å². The Morgan fingerprint density at radius 2 is 1.74 bits per heavy atom. The first kappa shape index (κ1) is 26.2. The van der Waals surface area contributed by atoms with Crippen LogP contribution in [-0.2, 0) is 4.74 Å². The molecule has 8 heteroatoms. The van der Waals surface area contributed by atoms with Crippen molar-refractivity contribution in [2.45, 2.75) is 71.9 Å². The highest BCUT2D eigenvalue weighted by atomic mass is 127. The van der Waals surface area contributed by atoms with Gasteiger partial charge in [0, 0.05) is 25.7 Å². The number of aliphatic imine (C=N–C) groups is 1. The molecule has 1 fully saturated rings. The number of hydrogen-bond donors (Lipinski definition) is 3. The molecule has 0 aromatic rings. The van der Waals surface area contributed by atoms with Gasteiger partial charge in [-0.1, -0.05) is 6.92 Å². The van der Waals surface area contributed by atoms with E-state index in [0.717, 1.165) is 38.4 Å². The summed E-state index contributed by atoms with van der Waals surface area (Å²) in [4.78, 5) is 18.9. The van der Waals surface area contributed by atoms with Crippen LogP contribution in [0.15, 0.2) is 4.99 Å². The van der Waals surface area contributed by atoms with E-state index < -0.39 is 5.60 Å². The van der Waals surface area contributed by atoms with Gasteiger partial charge in [0.2, 0.25) is 0 Å². The Morgan fingerprint density at radius 3 is 2.30 bits per heavy atom. The van der Waals surface area contributed by atoms with E-state index in [1.807, 2.05) is 20.8 Å². The van der Waals surface area contributed by atoms with Crippen LogP contribution in [0.4, 0.5) is 4.79 Å². The molecule has 3 N–H and O–H groups in total. The molecule has 0 saturated carbocycles. The van der Waals surface area contributed by atoms with Crippen LogP contribution in [0.3, 0.4) is 0 Å². The molecule has 1 rings (SSSR count). The molecular formula is C19H40IN5O2. The van der Waals surface area contributed by atoms with Crippen molar-refractivity contribution >= 4 is 36.0 Å². The maximum absolute atomic E-state index is 11.6. The van der Waals surface area contributed by atoms with Crippen molar-refractivity contribution in [2.24, 2.45) is 4.99 Å². The van der Waals surface area contributed by atoms with E-state index in [2.05, 4.69) is 34.7 Å². The molecule has 1 heterocycles. The highest BCUT2D eigenvalue weighted by Gasteiger charge is 2.20. The van der Waals surface area contributed by atoms with Crippen molar-refractivity contribution in [2.75, 3.05) is 39.3 Å². The van der Waals surface area contributed by atoms with Gasteiger partial charge in [-0.25, -0.2) is 4.79 Å². The topological polar surface area (TPSA) is 78.0 Å². The van der Waals surface area contributed by atoms with Crippen molar-refractivity contribution in [1.82, 2.24) is 20.9 Å². The standard InChI is InChI=1S/C19H39N5O2.HI/c1-6-16(24-13-8-9-14-24)15-23-17(20-7-2)21-11-10-12-22-18(25)26-19(3,4)5;/h16H,6-15H2,1-5H3,(H,22,25)(H2,20,21,23);1H. The SMILES string of the molecule is CCNC(=NCC(CC)N1CCCC1)NCCCNC(=O)OC(C)(C)C.I. The number of ether oxygens (including phenoxy) is 1. The third-order valence-electron chi connectivity index (χ3n) is 4.25. The lowest BCUT2D eigenvalue weighted by molar-refractivity contribution is 0.0527. The zero-order valence-corrected chi connectivity index (χ0v) is 20.1. The number of halogens is 1. The molecule has 0 aliphatic carbocycles. The molecule has 1 aliphatic rings. The number of hydrogen-bond acceptors (Lipinski definition) is 4. The van der Waals surface area contributed by atoms with Gasteiger partial charge in [-0.2, -0.15) is 0 Å². The fraction of sp³-hybridized carbons (Fsp3) is 0.895. The largest absolute Gasteiger partial charge is 0.444 e. The maximum Gasteiger partial charge on any atom is 0.407 e. The fourth-order valence-corrected chi connectivity index (χ4v) is 2.95. The van der Waals surface area contributed by atoms with Gasteiger partial charge >= 0.3 is 6.09 Å². The summed E-state index contributed by atoms with van der Waals surface area (Å²) in [6.07, 6.45) is 4.19. The zero-order valence-electron chi connectivity index (χ0n) is 17.8. The molecule has 160 valence electrons. The molecule has 1 amide bonds. The molecule has 0 spiro atoms. The lowest BCUT2D eigenvalue weighted by atomic mass is 10.2. The molecular weight excluding hydrogens is 457 g/mol. The quantitative estimate of drug-likeness (QED) is 0.198. The Bertz CT molecular complexity index is 434. The first-order valence-electron chi connectivity index (χ1n) is 10.1. The number of likely N-dealkylation sites (tertiary alicyclic amines) is 1. The summed E-state index contributed by atoms with van der Waals surface area (Å²) in [6.45, 7) is 15.3. The first-order chi connectivity index (χ1) is 12.4. The lowest BCUT2D eigenvalue weighted by Crippen LogP contribution is -2.41. The van der Waals surface area contributed by atoms with Crippen LogP contribution in [-0.4, -0.2) is 67.9 Å². The van der Waals surface area contributed by atoms with Gasteiger partial charge in [0.05, 0.1) is 6.54 Å². The van der Waals surface area contributed by atoms with Crippen LogP contribution in [0.5, 0.6) is 0 Å². The molecule has 1 unspecified atom stereocenters. The number of nitrogens with one attached hydrogen (secondary N) is 3. The second kappa shape index (κ2) is 14.3. The second-order valence-electron chi connectivity index (χ2n) is 7.73. The first-order valence-corrected chi connectivity index (χ1v) is 10.1. The molecule has 1 saturated heterocycles. The normalized spacial score (nSPS) is 16.4. The van der Waals surface area contributed by atoms with E-state index in [0.29, 0.717) is 12.6 Å². The zero-order chi connectivity index (χ0) is 19.4. The molecule has 1 aliphatic heterocycles. The Kier molecular flexibility index (Phi) is 13.9. The van der Waals surface area contributed by atoms with Crippen molar-refractivity contribution < 1.29 is 9.53 Å². The number of carbonyl (C=O) groups is 1. The number of amides is 1. The predicted octanol–water partition coefficient (Wildman–Crippen LogP) is 2.95. The maximum atomic E-state index is 11.6. The number of carbonyl (C=O) groups excluding carboxylic acids is 1. The summed E-state index contributed by atoms with van der Waals surface area (Å²) in [5.41, 5.74) is -0.460. The Labute approximate surface area is 182 Å². The smallest absolute Gasteiger partial charge is 0.407 e. The highest BCUT2D eigenvalue weighted by molar-refractivity contribution is 14.0. The number of nitrogens with zero attached hydrogens (tertiary/aromatic N) is 2. The molecule has 0 aromatic carbocycles. The van der Waals surface area contributed by atoms with Crippen LogP contribution >= 0.6 is 24.0 Å². The van der Waals surface area contributed by atoms with E-state index in [9.17, 15) is 4.79 Å². The van der Waals surface area contributed by atoms with Crippen molar-refractivity contribution in [3.05, 3.63) is 0 Å². The molecule has 7 nitrogen and oxygen atoms in total. The molecule has 0 bridgehead atoms. The molecule has 27 heavy (non-hydrogen) atoms. The summed E-state index contributed by atoms with van der Waals surface area (Å²) < 4.78 is 5.22. The van der Waals surface area contributed by atoms with Gasteiger partial charge in [-0.3, -0.25) is 9.89 Å². The minimum atomic E-state index is -0.460. The van der Waals surface area contributed by atoms with E-state index in [-0.39, 0.29) is 30.1 Å². The average molecular weight is 497 g/mol. The predicted molar refractivity (Wildman–Crippen MR) is 123 cm³/mol. The van der Waals surface area contributed by atoms with Crippen molar-refractivity contribution in [3.63, 3.8) is 0 Å². The van der Waals surface area contributed by atoms with Gasteiger partial charge < -0.3 is 20.7 Å². The third-order valence-corrected chi connectivity index (χ3v) is 4.25.